The molecule has 0 spiro atoms. The van der Waals surface area contributed by atoms with Gasteiger partial charge in [-0.1, -0.05) is 6.92 Å². The molecule has 0 amide bonds. The Morgan fingerprint density at radius 2 is 2.15 bits per heavy atom. The molecule has 0 aromatic carbocycles. The van der Waals surface area contributed by atoms with E-state index in [1.54, 1.807) is 6.92 Å². The molecule has 0 bridgehead atoms. The lowest BCUT2D eigenvalue weighted by Gasteiger charge is -2.05. The van der Waals surface area contributed by atoms with E-state index >= 15 is 0 Å². The first-order chi connectivity index (χ1) is 9.56. The van der Waals surface area contributed by atoms with E-state index in [0.29, 0.717) is 22.0 Å². The maximum Gasteiger partial charge on any atom is 0.251 e. The molecule has 2 N–H and O–H groups in total. The summed E-state index contributed by atoms with van der Waals surface area (Å²) >= 11 is 6.97. The molecule has 7 nitrogen and oxygen atoms in total. The normalized spacial score (nSPS) is 10.6. The fraction of sp³-hybridized carbons (Fsp3) is 0.364. The summed E-state index contributed by atoms with van der Waals surface area (Å²) in [4.78, 5) is 30.4. The molecule has 0 fully saturated rings. The zero-order chi connectivity index (χ0) is 14.5. The van der Waals surface area contributed by atoms with E-state index in [9.17, 15) is 4.79 Å². The molecule has 9 heteroatoms. The van der Waals surface area contributed by atoms with Gasteiger partial charge in [-0.3, -0.25) is 4.79 Å². The van der Waals surface area contributed by atoms with Crippen LogP contribution in [0, 0.1) is 6.92 Å². The number of nitrogens with zero attached hydrogens (tertiary/aromatic N) is 4. The quantitative estimate of drug-likeness (QED) is 0.814. The Bertz CT molecular complexity index is 662. The van der Waals surface area contributed by atoms with Crippen LogP contribution in [0.3, 0.4) is 0 Å². The van der Waals surface area contributed by atoms with Gasteiger partial charge in [0, 0.05) is 18.3 Å². The summed E-state index contributed by atoms with van der Waals surface area (Å²) in [5.41, 5.74) is 0.408. The van der Waals surface area contributed by atoms with E-state index in [1.807, 2.05) is 6.92 Å². The van der Waals surface area contributed by atoms with Crippen molar-refractivity contribution in [1.29, 1.82) is 0 Å². The third-order valence-electron chi connectivity index (χ3n) is 2.16. The molecule has 2 heterocycles. The van der Waals surface area contributed by atoms with Crippen LogP contribution >= 0.6 is 23.4 Å². The Morgan fingerprint density at radius 1 is 1.35 bits per heavy atom. The monoisotopic (exact) mass is 312 g/mol. The van der Waals surface area contributed by atoms with Crippen LogP contribution in [-0.2, 0) is 0 Å². The number of aryl methyl sites for hydroxylation is 1. The molecule has 0 aliphatic carbocycles. The van der Waals surface area contributed by atoms with Crippen LogP contribution in [0.5, 0.6) is 0 Å². The number of hydrogen-bond donors (Lipinski definition) is 2. The average molecular weight is 313 g/mol. The van der Waals surface area contributed by atoms with E-state index in [-0.39, 0.29) is 10.8 Å². The summed E-state index contributed by atoms with van der Waals surface area (Å²) in [5.74, 6) is 0.407. The van der Waals surface area contributed by atoms with Crippen molar-refractivity contribution in [3.05, 3.63) is 27.4 Å². The van der Waals surface area contributed by atoms with Crippen molar-refractivity contribution in [3.63, 3.8) is 0 Å². The van der Waals surface area contributed by atoms with E-state index in [2.05, 4.69) is 30.2 Å². The second-order valence-electron chi connectivity index (χ2n) is 3.93. The van der Waals surface area contributed by atoms with Gasteiger partial charge in [0.15, 0.2) is 5.16 Å². The van der Waals surface area contributed by atoms with Gasteiger partial charge >= 0.3 is 0 Å². The highest BCUT2D eigenvalue weighted by Gasteiger charge is 2.08. The Morgan fingerprint density at radius 3 is 2.85 bits per heavy atom. The minimum absolute atomic E-state index is 0.0936. The number of anilines is 1. The molecule has 0 radical (unpaired) electrons. The van der Waals surface area contributed by atoms with Gasteiger partial charge in [0.05, 0.1) is 0 Å². The molecule has 2 aromatic rings. The Labute approximate surface area is 124 Å². The SMILES string of the molecule is CCCNc1nc(Cl)nc(Sc2nc(C)cc(=O)[nH]2)n1. The van der Waals surface area contributed by atoms with Gasteiger partial charge in [-0.25, -0.2) is 4.98 Å². The maximum atomic E-state index is 11.4. The smallest absolute Gasteiger partial charge is 0.251 e. The molecule has 0 atom stereocenters. The molecule has 0 aliphatic rings. The number of aromatic amines is 1. The van der Waals surface area contributed by atoms with Crippen molar-refractivity contribution in [1.82, 2.24) is 24.9 Å². The second-order valence-corrected chi connectivity index (χ2v) is 5.23. The van der Waals surface area contributed by atoms with Gasteiger partial charge in [-0.15, -0.1) is 0 Å². The van der Waals surface area contributed by atoms with Gasteiger partial charge < -0.3 is 10.3 Å². The van der Waals surface area contributed by atoms with E-state index in [0.717, 1.165) is 24.7 Å². The van der Waals surface area contributed by atoms with E-state index < -0.39 is 0 Å². The van der Waals surface area contributed by atoms with Crippen LogP contribution < -0.4 is 10.9 Å². The number of aromatic nitrogens is 5. The highest BCUT2D eigenvalue weighted by molar-refractivity contribution is 7.99. The molecule has 0 aliphatic heterocycles. The highest BCUT2D eigenvalue weighted by atomic mass is 35.5. The van der Waals surface area contributed by atoms with Crippen molar-refractivity contribution in [2.24, 2.45) is 0 Å². The first kappa shape index (κ1) is 14.7. The van der Waals surface area contributed by atoms with Crippen molar-refractivity contribution in [2.75, 3.05) is 11.9 Å². The standard InChI is InChI=1S/C11H13ClN6OS/c1-3-4-13-9-16-8(12)17-11(18-9)20-10-14-6(2)5-7(19)15-10/h5H,3-4H2,1-2H3,(H,14,15,19)(H,13,16,17,18). The summed E-state index contributed by atoms with van der Waals surface area (Å²) in [6, 6.07) is 1.42. The summed E-state index contributed by atoms with van der Waals surface area (Å²) in [6.07, 6.45) is 0.943. The minimum Gasteiger partial charge on any atom is -0.354 e. The Kier molecular flexibility index (Phi) is 4.91. The minimum atomic E-state index is -0.218. The molecular weight excluding hydrogens is 300 g/mol. The molecule has 0 unspecified atom stereocenters. The van der Waals surface area contributed by atoms with Crippen LogP contribution in [0.25, 0.3) is 0 Å². The first-order valence-corrected chi connectivity index (χ1v) is 7.17. The predicted molar refractivity (Wildman–Crippen MR) is 77.3 cm³/mol. The Balaban J connectivity index is 2.23. The molecule has 106 valence electrons. The van der Waals surface area contributed by atoms with Crippen molar-refractivity contribution < 1.29 is 0 Å². The topological polar surface area (TPSA) is 96.5 Å². The van der Waals surface area contributed by atoms with Gasteiger partial charge in [-0.2, -0.15) is 15.0 Å². The van der Waals surface area contributed by atoms with Crippen LogP contribution in [-0.4, -0.2) is 31.5 Å². The molecule has 0 saturated carbocycles. The summed E-state index contributed by atoms with van der Waals surface area (Å²) in [6.45, 7) is 4.52. The van der Waals surface area contributed by atoms with Crippen LogP contribution in [0.2, 0.25) is 5.28 Å². The van der Waals surface area contributed by atoms with Crippen molar-refractivity contribution >= 4 is 29.3 Å². The maximum absolute atomic E-state index is 11.4. The van der Waals surface area contributed by atoms with Crippen LogP contribution in [0.4, 0.5) is 5.95 Å². The number of halogens is 1. The van der Waals surface area contributed by atoms with Crippen molar-refractivity contribution in [3.8, 4) is 0 Å². The number of hydrogen-bond acceptors (Lipinski definition) is 7. The van der Waals surface area contributed by atoms with Gasteiger partial charge in [0.25, 0.3) is 5.56 Å². The fourth-order valence-corrected chi connectivity index (χ4v) is 2.37. The first-order valence-electron chi connectivity index (χ1n) is 5.98. The summed E-state index contributed by atoms with van der Waals surface area (Å²) in [5, 5.41) is 3.91. The number of H-pyrrole nitrogens is 1. The average Bonchev–Trinajstić information content (AvgIpc) is 2.34. The summed E-state index contributed by atoms with van der Waals surface area (Å²) in [7, 11) is 0. The van der Waals surface area contributed by atoms with Gasteiger partial charge in [0.1, 0.15) is 0 Å². The lowest BCUT2D eigenvalue weighted by molar-refractivity contribution is 0.860. The second kappa shape index (κ2) is 6.67. The lowest BCUT2D eigenvalue weighted by atomic mass is 10.5. The van der Waals surface area contributed by atoms with Gasteiger partial charge in [-0.05, 0) is 36.7 Å². The van der Waals surface area contributed by atoms with Crippen molar-refractivity contribution in [2.45, 2.75) is 30.6 Å². The molecular formula is C11H13ClN6OS. The predicted octanol–water partition coefficient (Wildman–Crippen LogP) is 1.89. The van der Waals surface area contributed by atoms with E-state index in [4.69, 9.17) is 11.6 Å². The summed E-state index contributed by atoms with van der Waals surface area (Å²) < 4.78 is 0. The molecule has 2 rings (SSSR count). The number of nitrogens with one attached hydrogen (secondary N) is 2. The zero-order valence-electron chi connectivity index (χ0n) is 11.0. The highest BCUT2D eigenvalue weighted by Crippen LogP contribution is 2.22. The number of rotatable bonds is 5. The van der Waals surface area contributed by atoms with E-state index in [1.165, 1.54) is 6.07 Å². The molecule has 20 heavy (non-hydrogen) atoms. The van der Waals surface area contributed by atoms with Gasteiger partial charge in [0.2, 0.25) is 16.4 Å². The zero-order valence-corrected chi connectivity index (χ0v) is 12.5. The largest absolute Gasteiger partial charge is 0.354 e. The van der Waals surface area contributed by atoms with Crippen LogP contribution in [0.1, 0.15) is 19.0 Å². The fourth-order valence-electron chi connectivity index (χ4n) is 1.38. The molecule has 0 saturated heterocycles. The molecule has 2 aromatic heterocycles. The lowest BCUT2D eigenvalue weighted by Crippen LogP contribution is -2.09. The Hall–Kier alpha value is -1.67. The van der Waals surface area contributed by atoms with Crippen LogP contribution in [0.15, 0.2) is 21.2 Å². The third kappa shape index (κ3) is 4.17. The third-order valence-corrected chi connectivity index (χ3v) is 3.08.